The Morgan fingerprint density at radius 1 is 1.20 bits per heavy atom. The first-order chi connectivity index (χ1) is 9.83. The van der Waals surface area contributed by atoms with Crippen molar-refractivity contribution in [1.82, 2.24) is 5.32 Å². The maximum absolute atomic E-state index is 9.20. The van der Waals surface area contributed by atoms with Crippen molar-refractivity contribution >= 4 is 5.69 Å². The SMILES string of the molecule is COCC(CO)NCc1ccc(N2CCCCC2)cc1. The molecular weight excluding hydrogens is 252 g/mol. The van der Waals surface area contributed by atoms with Gasteiger partial charge in [0.25, 0.3) is 0 Å². The van der Waals surface area contributed by atoms with Crippen LogP contribution in [0.1, 0.15) is 24.8 Å². The second-order valence-corrected chi connectivity index (χ2v) is 5.43. The van der Waals surface area contributed by atoms with Gasteiger partial charge in [0.1, 0.15) is 0 Å². The molecule has 1 aliphatic rings. The van der Waals surface area contributed by atoms with Gasteiger partial charge in [0, 0.05) is 32.4 Å². The standard InChI is InChI=1S/C16H26N2O2/c1-20-13-15(12-19)17-11-14-5-7-16(8-6-14)18-9-3-2-4-10-18/h5-8,15,17,19H,2-4,9-13H2,1H3. The number of aliphatic hydroxyl groups is 1. The highest BCUT2D eigenvalue weighted by Crippen LogP contribution is 2.20. The molecule has 112 valence electrons. The van der Waals surface area contributed by atoms with Crippen molar-refractivity contribution < 1.29 is 9.84 Å². The number of ether oxygens (including phenoxy) is 1. The summed E-state index contributed by atoms with van der Waals surface area (Å²) in [6, 6.07) is 8.73. The molecule has 1 atom stereocenters. The lowest BCUT2D eigenvalue weighted by molar-refractivity contribution is 0.128. The van der Waals surface area contributed by atoms with Gasteiger partial charge in [-0.05, 0) is 37.0 Å². The second-order valence-electron chi connectivity index (χ2n) is 5.43. The van der Waals surface area contributed by atoms with Crippen LogP contribution in [0.4, 0.5) is 5.69 Å². The molecule has 1 saturated heterocycles. The van der Waals surface area contributed by atoms with E-state index in [9.17, 15) is 5.11 Å². The number of benzene rings is 1. The molecule has 0 saturated carbocycles. The first-order valence-corrected chi connectivity index (χ1v) is 7.50. The van der Waals surface area contributed by atoms with E-state index in [1.54, 1.807) is 7.11 Å². The van der Waals surface area contributed by atoms with Gasteiger partial charge in [-0.25, -0.2) is 0 Å². The van der Waals surface area contributed by atoms with Gasteiger partial charge in [-0.3, -0.25) is 0 Å². The summed E-state index contributed by atoms with van der Waals surface area (Å²) in [6.07, 6.45) is 3.97. The van der Waals surface area contributed by atoms with Crippen LogP contribution in [-0.2, 0) is 11.3 Å². The average molecular weight is 278 g/mol. The number of methoxy groups -OCH3 is 1. The highest BCUT2D eigenvalue weighted by molar-refractivity contribution is 5.47. The van der Waals surface area contributed by atoms with Gasteiger partial charge in [-0.1, -0.05) is 12.1 Å². The summed E-state index contributed by atoms with van der Waals surface area (Å²) in [7, 11) is 1.65. The van der Waals surface area contributed by atoms with Crippen molar-refractivity contribution in [3.63, 3.8) is 0 Å². The molecule has 1 heterocycles. The van der Waals surface area contributed by atoms with Crippen LogP contribution < -0.4 is 10.2 Å². The zero-order chi connectivity index (χ0) is 14.2. The maximum atomic E-state index is 9.20. The summed E-state index contributed by atoms with van der Waals surface area (Å²) < 4.78 is 5.05. The molecule has 1 unspecified atom stereocenters. The third kappa shape index (κ3) is 4.47. The normalized spacial score (nSPS) is 17.2. The summed E-state index contributed by atoms with van der Waals surface area (Å²) in [5, 5.41) is 12.5. The van der Waals surface area contributed by atoms with Crippen molar-refractivity contribution in [3.8, 4) is 0 Å². The molecule has 1 aromatic rings. The van der Waals surface area contributed by atoms with Gasteiger partial charge in [-0.15, -0.1) is 0 Å². The quantitative estimate of drug-likeness (QED) is 0.798. The lowest BCUT2D eigenvalue weighted by atomic mass is 10.1. The van der Waals surface area contributed by atoms with E-state index in [0.717, 1.165) is 6.54 Å². The van der Waals surface area contributed by atoms with Gasteiger partial charge in [0.2, 0.25) is 0 Å². The van der Waals surface area contributed by atoms with Crippen LogP contribution in [0, 0.1) is 0 Å². The number of hydrogen-bond acceptors (Lipinski definition) is 4. The fourth-order valence-corrected chi connectivity index (χ4v) is 2.62. The largest absolute Gasteiger partial charge is 0.395 e. The molecule has 0 bridgehead atoms. The predicted octanol–water partition coefficient (Wildman–Crippen LogP) is 1.77. The third-order valence-electron chi connectivity index (χ3n) is 3.84. The van der Waals surface area contributed by atoms with Crippen LogP contribution in [0.15, 0.2) is 24.3 Å². The van der Waals surface area contributed by atoms with Crippen LogP contribution in [-0.4, -0.2) is 44.6 Å². The third-order valence-corrected chi connectivity index (χ3v) is 3.84. The van der Waals surface area contributed by atoms with Crippen LogP contribution in [0.25, 0.3) is 0 Å². The van der Waals surface area contributed by atoms with E-state index in [2.05, 4.69) is 34.5 Å². The van der Waals surface area contributed by atoms with Crippen LogP contribution >= 0.6 is 0 Å². The number of rotatable bonds is 7. The molecule has 0 radical (unpaired) electrons. The van der Waals surface area contributed by atoms with Crippen molar-refractivity contribution in [2.75, 3.05) is 38.3 Å². The lowest BCUT2D eigenvalue weighted by Gasteiger charge is -2.29. The Labute approximate surface area is 121 Å². The summed E-state index contributed by atoms with van der Waals surface area (Å²) in [5.74, 6) is 0. The van der Waals surface area contributed by atoms with Gasteiger partial charge >= 0.3 is 0 Å². The molecule has 20 heavy (non-hydrogen) atoms. The molecule has 4 nitrogen and oxygen atoms in total. The molecule has 0 spiro atoms. The molecule has 1 aromatic carbocycles. The maximum Gasteiger partial charge on any atom is 0.0638 e. The van der Waals surface area contributed by atoms with Crippen LogP contribution in [0.3, 0.4) is 0 Å². The Balaban J connectivity index is 1.84. The van der Waals surface area contributed by atoms with Crippen LogP contribution in [0.5, 0.6) is 0 Å². The predicted molar refractivity (Wildman–Crippen MR) is 82.1 cm³/mol. The highest BCUT2D eigenvalue weighted by atomic mass is 16.5. The zero-order valence-corrected chi connectivity index (χ0v) is 12.3. The van der Waals surface area contributed by atoms with E-state index in [4.69, 9.17) is 4.74 Å². The molecule has 4 heteroatoms. The van der Waals surface area contributed by atoms with E-state index in [1.807, 2.05) is 0 Å². The molecule has 2 N–H and O–H groups in total. The number of hydrogen-bond donors (Lipinski definition) is 2. The molecule has 0 aliphatic carbocycles. The Kier molecular flexibility index (Phi) is 6.30. The minimum Gasteiger partial charge on any atom is -0.395 e. The average Bonchev–Trinajstić information content (AvgIpc) is 2.53. The highest BCUT2D eigenvalue weighted by Gasteiger charge is 2.11. The molecule has 0 amide bonds. The number of aliphatic hydroxyl groups excluding tert-OH is 1. The molecular formula is C16H26N2O2. The number of nitrogens with zero attached hydrogens (tertiary/aromatic N) is 1. The summed E-state index contributed by atoms with van der Waals surface area (Å²) in [4.78, 5) is 2.46. The monoisotopic (exact) mass is 278 g/mol. The van der Waals surface area contributed by atoms with E-state index >= 15 is 0 Å². The fraction of sp³-hybridized carbons (Fsp3) is 0.625. The Bertz CT molecular complexity index is 375. The van der Waals surface area contributed by atoms with Gasteiger partial charge in [-0.2, -0.15) is 0 Å². The topological polar surface area (TPSA) is 44.7 Å². The first kappa shape index (κ1) is 15.3. The van der Waals surface area contributed by atoms with Crippen molar-refractivity contribution in [2.24, 2.45) is 0 Å². The van der Waals surface area contributed by atoms with E-state index in [0.29, 0.717) is 6.61 Å². The summed E-state index contributed by atoms with van der Waals surface area (Å²) in [6.45, 7) is 3.74. The molecule has 0 aromatic heterocycles. The van der Waals surface area contributed by atoms with Crippen molar-refractivity contribution in [2.45, 2.75) is 31.8 Å². The van der Waals surface area contributed by atoms with Crippen molar-refractivity contribution in [3.05, 3.63) is 29.8 Å². The first-order valence-electron chi connectivity index (χ1n) is 7.50. The second kappa shape index (κ2) is 8.25. The minimum absolute atomic E-state index is 0.00164. The lowest BCUT2D eigenvalue weighted by Crippen LogP contribution is -2.35. The summed E-state index contributed by atoms with van der Waals surface area (Å²) in [5.41, 5.74) is 2.56. The van der Waals surface area contributed by atoms with Crippen molar-refractivity contribution in [1.29, 1.82) is 0 Å². The molecule has 1 aliphatic heterocycles. The minimum atomic E-state index is 0.00164. The van der Waals surface area contributed by atoms with Gasteiger partial charge in [0.05, 0.1) is 19.3 Å². The van der Waals surface area contributed by atoms with E-state index < -0.39 is 0 Å². The smallest absolute Gasteiger partial charge is 0.0638 e. The van der Waals surface area contributed by atoms with E-state index in [-0.39, 0.29) is 12.6 Å². The Hall–Kier alpha value is -1.10. The number of nitrogens with one attached hydrogen (secondary N) is 1. The molecule has 1 fully saturated rings. The van der Waals surface area contributed by atoms with Crippen LogP contribution in [0.2, 0.25) is 0 Å². The zero-order valence-electron chi connectivity index (χ0n) is 12.3. The van der Waals surface area contributed by atoms with E-state index in [1.165, 1.54) is 43.6 Å². The Morgan fingerprint density at radius 3 is 2.50 bits per heavy atom. The molecule has 2 rings (SSSR count). The van der Waals surface area contributed by atoms with Gasteiger partial charge < -0.3 is 20.1 Å². The Morgan fingerprint density at radius 2 is 1.90 bits per heavy atom. The summed E-state index contributed by atoms with van der Waals surface area (Å²) >= 11 is 0. The fourth-order valence-electron chi connectivity index (χ4n) is 2.62. The number of anilines is 1. The van der Waals surface area contributed by atoms with Gasteiger partial charge in [0.15, 0.2) is 0 Å². The number of piperidine rings is 1.